The quantitative estimate of drug-likeness (QED) is 0.827. The molecule has 0 unspecified atom stereocenters. The van der Waals surface area contributed by atoms with Gasteiger partial charge in [-0.2, -0.15) is 0 Å². The van der Waals surface area contributed by atoms with Crippen molar-refractivity contribution in [2.45, 2.75) is 50.5 Å². The molecule has 0 heterocycles. The zero-order chi connectivity index (χ0) is 15.3. The molecule has 1 aliphatic carbocycles. The lowest BCUT2D eigenvalue weighted by atomic mass is 9.94. The van der Waals surface area contributed by atoms with Crippen LogP contribution in [0, 0.1) is 0 Å². The van der Waals surface area contributed by atoms with E-state index >= 15 is 0 Å². The Bertz CT molecular complexity index is 497. The monoisotopic (exact) mass is 329 g/mol. The van der Waals surface area contributed by atoms with Gasteiger partial charge in [-0.15, -0.1) is 0 Å². The SMILES string of the molecule is O=C(Cc1ccc(Cl)cc1Cl)NCC1(O)CCCCCC1. The summed E-state index contributed by atoms with van der Waals surface area (Å²) < 4.78 is 0. The number of nitrogens with one attached hydrogen (secondary N) is 1. The molecule has 1 aliphatic rings. The van der Waals surface area contributed by atoms with E-state index in [-0.39, 0.29) is 12.3 Å². The maximum absolute atomic E-state index is 12.0. The Kier molecular flexibility index (Phi) is 5.91. The van der Waals surface area contributed by atoms with Gasteiger partial charge in [-0.05, 0) is 30.5 Å². The standard InChI is InChI=1S/C16H21Cl2NO2/c17-13-6-5-12(14(18)10-13)9-15(20)19-11-16(21)7-3-1-2-4-8-16/h5-6,10,21H,1-4,7-9,11H2,(H,19,20). The Hall–Kier alpha value is -0.770. The van der Waals surface area contributed by atoms with E-state index in [2.05, 4.69) is 5.32 Å². The van der Waals surface area contributed by atoms with Gasteiger partial charge in [-0.25, -0.2) is 0 Å². The van der Waals surface area contributed by atoms with Crippen LogP contribution < -0.4 is 5.32 Å². The van der Waals surface area contributed by atoms with Gasteiger partial charge in [0.15, 0.2) is 0 Å². The fraction of sp³-hybridized carbons (Fsp3) is 0.562. The number of halogens is 2. The Labute approximate surface area is 135 Å². The number of benzene rings is 1. The third kappa shape index (κ3) is 5.17. The second-order valence-corrected chi connectivity index (χ2v) is 6.67. The lowest BCUT2D eigenvalue weighted by Gasteiger charge is -2.26. The summed E-state index contributed by atoms with van der Waals surface area (Å²) in [5, 5.41) is 14.4. The zero-order valence-electron chi connectivity index (χ0n) is 12.0. The Morgan fingerprint density at radius 2 is 1.86 bits per heavy atom. The average molecular weight is 330 g/mol. The first kappa shape index (κ1) is 16.6. The lowest BCUT2D eigenvalue weighted by Crippen LogP contribution is -2.43. The van der Waals surface area contributed by atoms with Gasteiger partial charge in [-0.3, -0.25) is 4.79 Å². The number of carbonyl (C=O) groups is 1. The average Bonchev–Trinajstić information content (AvgIpc) is 2.65. The van der Waals surface area contributed by atoms with Crippen LogP contribution in [-0.2, 0) is 11.2 Å². The normalized spacial score (nSPS) is 18.0. The van der Waals surface area contributed by atoms with Crippen molar-refractivity contribution in [2.75, 3.05) is 6.54 Å². The van der Waals surface area contributed by atoms with Gasteiger partial charge < -0.3 is 10.4 Å². The summed E-state index contributed by atoms with van der Waals surface area (Å²) in [6.07, 6.45) is 6.09. The van der Waals surface area contributed by atoms with Crippen molar-refractivity contribution in [3.8, 4) is 0 Å². The van der Waals surface area contributed by atoms with E-state index in [0.717, 1.165) is 44.1 Å². The minimum absolute atomic E-state index is 0.128. The van der Waals surface area contributed by atoms with Gasteiger partial charge in [0.1, 0.15) is 0 Å². The van der Waals surface area contributed by atoms with Crippen LogP contribution in [0.2, 0.25) is 10.0 Å². The van der Waals surface area contributed by atoms with E-state index in [1.807, 2.05) is 0 Å². The largest absolute Gasteiger partial charge is 0.388 e. The summed E-state index contributed by atoms with van der Waals surface area (Å²) in [4.78, 5) is 12.0. The van der Waals surface area contributed by atoms with Crippen molar-refractivity contribution in [1.82, 2.24) is 5.32 Å². The fourth-order valence-corrected chi connectivity index (χ4v) is 3.20. The van der Waals surface area contributed by atoms with Gasteiger partial charge in [0.05, 0.1) is 12.0 Å². The van der Waals surface area contributed by atoms with Crippen molar-refractivity contribution in [3.63, 3.8) is 0 Å². The number of amides is 1. The lowest BCUT2D eigenvalue weighted by molar-refractivity contribution is -0.121. The molecule has 0 aliphatic heterocycles. The molecule has 1 fully saturated rings. The van der Waals surface area contributed by atoms with Gasteiger partial charge in [-0.1, -0.05) is 55.0 Å². The van der Waals surface area contributed by atoms with Crippen LogP contribution in [0.25, 0.3) is 0 Å². The highest BCUT2D eigenvalue weighted by atomic mass is 35.5. The zero-order valence-corrected chi connectivity index (χ0v) is 13.5. The minimum Gasteiger partial charge on any atom is -0.388 e. The Morgan fingerprint density at radius 1 is 1.19 bits per heavy atom. The number of hydrogen-bond donors (Lipinski definition) is 2. The summed E-state index contributed by atoms with van der Waals surface area (Å²) in [5.41, 5.74) is -0.0120. The van der Waals surface area contributed by atoms with Crippen LogP contribution in [0.15, 0.2) is 18.2 Å². The molecule has 1 aromatic carbocycles. The van der Waals surface area contributed by atoms with Crippen LogP contribution in [0.1, 0.15) is 44.1 Å². The van der Waals surface area contributed by atoms with E-state index in [9.17, 15) is 9.90 Å². The van der Waals surface area contributed by atoms with Crippen molar-refractivity contribution >= 4 is 29.1 Å². The Balaban J connectivity index is 1.86. The summed E-state index contributed by atoms with van der Waals surface area (Å²) in [6, 6.07) is 5.10. The maximum atomic E-state index is 12.0. The first-order chi connectivity index (χ1) is 9.98. The van der Waals surface area contributed by atoms with Gasteiger partial charge in [0.2, 0.25) is 5.91 Å². The van der Waals surface area contributed by atoms with Crippen molar-refractivity contribution in [1.29, 1.82) is 0 Å². The fourth-order valence-electron chi connectivity index (χ4n) is 2.73. The second-order valence-electron chi connectivity index (χ2n) is 5.83. The topological polar surface area (TPSA) is 49.3 Å². The molecule has 0 saturated heterocycles. The molecule has 1 aromatic rings. The van der Waals surface area contributed by atoms with Crippen molar-refractivity contribution < 1.29 is 9.90 Å². The molecule has 0 radical (unpaired) electrons. The van der Waals surface area contributed by atoms with E-state index in [4.69, 9.17) is 23.2 Å². The maximum Gasteiger partial charge on any atom is 0.224 e. The molecule has 5 heteroatoms. The van der Waals surface area contributed by atoms with E-state index in [1.54, 1.807) is 18.2 Å². The molecule has 116 valence electrons. The van der Waals surface area contributed by atoms with Gasteiger partial charge in [0.25, 0.3) is 0 Å². The third-order valence-corrected chi connectivity index (χ3v) is 4.60. The molecule has 2 rings (SSSR count). The molecule has 3 nitrogen and oxygen atoms in total. The molecule has 0 aromatic heterocycles. The van der Waals surface area contributed by atoms with Gasteiger partial charge >= 0.3 is 0 Å². The Morgan fingerprint density at radius 3 is 2.48 bits per heavy atom. The molecular formula is C16H21Cl2NO2. The molecule has 2 N–H and O–H groups in total. The molecule has 0 spiro atoms. The summed E-state index contributed by atoms with van der Waals surface area (Å²) >= 11 is 11.9. The van der Waals surface area contributed by atoms with E-state index in [0.29, 0.717) is 16.6 Å². The van der Waals surface area contributed by atoms with Crippen LogP contribution in [0.5, 0.6) is 0 Å². The predicted octanol–water partition coefficient (Wildman–Crippen LogP) is 3.74. The molecule has 0 bridgehead atoms. The molecule has 1 saturated carbocycles. The summed E-state index contributed by atoms with van der Waals surface area (Å²) in [6.45, 7) is 0.317. The van der Waals surface area contributed by atoms with Crippen LogP contribution in [0.3, 0.4) is 0 Å². The smallest absolute Gasteiger partial charge is 0.224 e. The minimum atomic E-state index is -0.754. The molecule has 1 amide bonds. The molecule has 21 heavy (non-hydrogen) atoms. The van der Waals surface area contributed by atoms with Crippen LogP contribution in [0.4, 0.5) is 0 Å². The predicted molar refractivity (Wildman–Crippen MR) is 85.8 cm³/mol. The van der Waals surface area contributed by atoms with E-state index in [1.165, 1.54) is 0 Å². The molecule has 0 atom stereocenters. The first-order valence-electron chi connectivity index (χ1n) is 7.42. The third-order valence-electron chi connectivity index (χ3n) is 4.02. The van der Waals surface area contributed by atoms with Crippen LogP contribution >= 0.6 is 23.2 Å². The van der Waals surface area contributed by atoms with Crippen molar-refractivity contribution in [2.24, 2.45) is 0 Å². The number of rotatable bonds is 4. The van der Waals surface area contributed by atoms with Crippen LogP contribution in [-0.4, -0.2) is 23.2 Å². The van der Waals surface area contributed by atoms with Gasteiger partial charge in [0, 0.05) is 16.6 Å². The highest BCUT2D eigenvalue weighted by Gasteiger charge is 2.28. The number of aliphatic hydroxyl groups is 1. The first-order valence-corrected chi connectivity index (χ1v) is 8.17. The number of hydrogen-bond acceptors (Lipinski definition) is 2. The summed E-state index contributed by atoms with van der Waals surface area (Å²) in [5.74, 6) is -0.128. The van der Waals surface area contributed by atoms with E-state index < -0.39 is 5.60 Å². The second kappa shape index (κ2) is 7.48. The molecular weight excluding hydrogens is 309 g/mol. The van der Waals surface area contributed by atoms with Crippen molar-refractivity contribution in [3.05, 3.63) is 33.8 Å². The highest BCUT2D eigenvalue weighted by molar-refractivity contribution is 6.35. The highest BCUT2D eigenvalue weighted by Crippen LogP contribution is 2.26. The summed E-state index contributed by atoms with van der Waals surface area (Å²) in [7, 11) is 0. The number of carbonyl (C=O) groups excluding carboxylic acids is 1.